The molecule has 0 aliphatic heterocycles. The van der Waals surface area contributed by atoms with Gasteiger partial charge in [0.1, 0.15) is 11.6 Å². The fourth-order valence-corrected chi connectivity index (χ4v) is 3.72. The molecule has 1 atom stereocenters. The van der Waals surface area contributed by atoms with Gasteiger partial charge < -0.3 is 4.57 Å². The van der Waals surface area contributed by atoms with E-state index in [1.54, 1.807) is 6.07 Å². The van der Waals surface area contributed by atoms with E-state index in [2.05, 4.69) is 23.4 Å². The minimum atomic E-state index is -0.435. The van der Waals surface area contributed by atoms with Crippen LogP contribution in [0.2, 0.25) is 5.02 Å². The fourth-order valence-electron chi connectivity index (χ4n) is 3.37. The Morgan fingerprint density at radius 1 is 1.45 bits per heavy atom. The van der Waals surface area contributed by atoms with Gasteiger partial charge in [-0.3, -0.25) is 0 Å². The summed E-state index contributed by atoms with van der Waals surface area (Å²) in [6, 6.07) is 3.40. The Balaban J connectivity index is 2.25. The molecular formula is C15H17Cl2FN2. The van der Waals surface area contributed by atoms with E-state index in [4.69, 9.17) is 23.2 Å². The van der Waals surface area contributed by atoms with E-state index >= 15 is 0 Å². The number of benzene rings is 1. The molecule has 0 bridgehead atoms. The first-order valence-electron chi connectivity index (χ1n) is 6.86. The number of alkyl halides is 1. The third-order valence-electron chi connectivity index (χ3n) is 4.44. The monoisotopic (exact) mass is 314 g/mol. The van der Waals surface area contributed by atoms with E-state index < -0.39 is 5.82 Å². The standard InChI is InChI=1S/C15H17Cl2FN2/c1-15(2)5-3-4-13(15)20-12-6-9(17)10(18)7-11(12)19-14(20)8-16/h6-7,13H,3-5,8H2,1-2H3. The fraction of sp³-hybridized carbons (Fsp3) is 0.533. The summed E-state index contributed by atoms with van der Waals surface area (Å²) in [5, 5.41) is 0.135. The van der Waals surface area contributed by atoms with Crippen LogP contribution in [0.25, 0.3) is 11.0 Å². The minimum absolute atomic E-state index is 0.135. The number of nitrogens with zero attached hydrogens (tertiary/aromatic N) is 2. The van der Waals surface area contributed by atoms with Crippen molar-refractivity contribution in [3.05, 3.63) is 28.8 Å². The van der Waals surface area contributed by atoms with Crippen LogP contribution < -0.4 is 0 Å². The van der Waals surface area contributed by atoms with Crippen molar-refractivity contribution in [2.75, 3.05) is 0 Å². The Morgan fingerprint density at radius 3 is 2.80 bits per heavy atom. The molecule has 20 heavy (non-hydrogen) atoms. The van der Waals surface area contributed by atoms with E-state index in [1.165, 1.54) is 18.9 Å². The van der Waals surface area contributed by atoms with Crippen molar-refractivity contribution in [2.24, 2.45) is 5.41 Å². The van der Waals surface area contributed by atoms with Crippen molar-refractivity contribution in [1.29, 1.82) is 0 Å². The highest BCUT2D eigenvalue weighted by atomic mass is 35.5. The largest absolute Gasteiger partial charge is 0.323 e. The van der Waals surface area contributed by atoms with Gasteiger partial charge in [-0.1, -0.05) is 31.9 Å². The van der Waals surface area contributed by atoms with Gasteiger partial charge in [0.2, 0.25) is 0 Å². The molecule has 0 radical (unpaired) electrons. The smallest absolute Gasteiger partial charge is 0.144 e. The van der Waals surface area contributed by atoms with Gasteiger partial charge in [-0.05, 0) is 24.3 Å². The first-order chi connectivity index (χ1) is 9.44. The zero-order valence-corrected chi connectivity index (χ0v) is 13.1. The Kier molecular flexibility index (Phi) is 3.46. The van der Waals surface area contributed by atoms with E-state index in [-0.39, 0.29) is 10.4 Å². The highest BCUT2D eigenvalue weighted by Crippen LogP contribution is 2.47. The van der Waals surface area contributed by atoms with E-state index in [1.807, 2.05) is 0 Å². The lowest BCUT2D eigenvalue weighted by Gasteiger charge is -2.30. The predicted octanol–water partition coefficient (Wildman–Crippen LogP) is 5.32. The third kappa shape index (κ3) is 2.11. The van der Waals surface area contributed by atoms with Gasteiger partial charge in [0, 0.05) is 12.1 Å². The van der Waals surface area contributed by atoms with Gasteiger partial charge in [0.05, 0.1) is 21.9 Å². The Bertz CT molecular complexity index is 663. The average molecular weight is 315 g/mol. The van der Waals surface area contributed by atoms with Crippen LogP contribution in [0.15, 0.2) is 12.1 Å². The maximum atomic E-state index is 13.6. The summed E-state index contributed by atoms with van der Waals surface area (Å²) in [6.45, 7) is 4.53. The third-order valence-corrected chi connectivity index (χ3v) is 4.97. The normalized spacial score (nSPS) is 21.8. The molecule has 2 aromatic rings. The molecule has 108 valence electrons. The Hall–Kier alpha value is -0.800. The summed E-state index contributed by atoms with van der Waals surface area (Å²) in [4.78, 5) is 4.48. The van der Waals surface area contributed by atoms with Crippen LogP contribution in [0, 0.1) is 11.2 Å². The summed E-state index contributed by atoms with van der Waals surface area (Å²) in [6.07, 6.45) is 3.46. The van der Waals surface area contributed by atoms with Gasteiger partial charge in [-0.15, -0.1) is 11.6 Å². The van der Waals surface area contributed by atoms with Crippen LogP contribution in [0.5, 0.6) is 0 Å². The molecular weight excluding hydrogens is 298 g/mol. The summed E-state index contributed by atoms with van der Waals surface area (Å²) < 4.78 is 15.8. The number of hydrogen-bond acceptors (Lipinski definition) is 1. The molecule has 2 nitrogen and oxygen atoms in total. The van der Waals surface area contributed by atoms with E-state index in [9.17, 15) is 4.39 Å². The lowest BCUT2D eigenvalue weighted by atomic mass is 9.87. The van der Waals surface area contributed by atoms with Gasteiger partial charge in [-0.2, -0.15) is 0 Å². The molecule has 1 aromatic carbocycles. The van der Waals surface area contributed by atoms with Crippen LogP contribution in [0.1, 0.15) is 45.0 Å². The zero-order valence-electron chi connectivity index (χ0n) is 11.6. The summed E-state index contributed by atoms with van der Waals surface area (Å²) in [5.74, 6) is 0.680. The molecule has 1 aliphatic carbocycles. The summed E-state index contributed by atoms with van der Waals surface area (Å²) in [5.41, 5.74) is 1.70. The maximum absolute atomic E-state index is 13.6. The highest BCUT2D eigenvalue weighted by molar-refractivity contribution is 6.31. The van der Waals surface area contributed by atoms with Crippen molar-refractivity contribution >= 4 is 34.2 Å². The lowest BCUT2D eigenvalue weighted by Crippen LogP contribution is -2.23. The first kappa shape index (κ1) is 14.2. The SMILES string of the molecule is CC1(C)CCCC1n1c(CCl)nc2cc(F)c(Cl)cc21. The van der Waals surface area contributed by atoms with Crippen molar-refractivity contribution in [1.82, 2.24) is 9.55 Å². The second-order valence-electron chi connectivity index (χ2n) is 6.18. The molecule has 1 aliphatic rings. The number of halogens is 3. The van der Waals surface area contributed by atoms with Gasteiger partial charge in [0.15, 0.2) is 0 Å². The summed E-state index contributed by atoms with van der Waals surface area (Å²) >= 11 is 12.0. The topological polar surface area (TPSA) is 17.8 Å². The molecule has 0 saturated heterocycles. The van der Waals surface area contributed by atoms with Crippen LogP contribution in [-0.2, 0) is 5.88 Å². The van der Waals surface area contributed by atoms with Crippen LogP contribution in [0.3, 0.4) is 0 Å². The molecule has 1 aromatic heterocycles. The first-order valence-corrected chi connectivity index (χ1v) is 7.77. The maximum Gasteiger partial charge on any atom is 0.144 e. The second-order valence-corrected chi connectivity index (χ2v) is 6.86. The number of fused-ring (bicyclic) bond motifs is 1. The van der Waals surface area contributed by atoms with E-state index in [0.29, 0.717) is 17.4 Å². The summed E-state index contributed by atoms with van der Waals surface area (Å²) in [7, 11) is 0. The predicted molar refractivity (Wildman–Crippen MR) is 80.9 cm³/mol. The Morgan fingerprint density at radius 2 is 2.20 bits per heavy atom. The lowest BCUT2D eigenvalue weighted by molar-refractivity contribution is 0.262. The molecule has 3 rings (SSSR count). The van der Waals surface area contributed by atoms with Crippen molar-refractivity contribution in [2.45, 2.75) is 45.0 Å². The molecule has 1 saturated carbocycles. The van der Waals surface area contributed by atoms with Crippen molar-refractivity contribution in [3.63, 3.8) is 0 Å². The van der Waals surface area contributed by atoms with Gasteiger partial charge >= 0.3 is 0 Å². The van der Waals surface area contributed by atoms with Crippen molar-refractivity contribution in [3.8, 4) is 0 Å². The molecule has 0 amide bonds. The number of rotatable bonds is 2. The van der Waals surface area contributed by atoms with Crippen LogP contribution >= 0.6 is 23.2 Å². The van der Waals surface area contributed by atoms with Gasteiger partial charge in [0.25, 0.3) is 0 Å². The van der Waals surface area contributed by atoms with Gasteiger partial charge in [-0.25, -0.2) is 9.37 Å². The average Bonchev–Trinajstić information content (AvgIpc) is 2.89. The van der Waals surface area contributed by atoms with E-state index in [0.717, 1.165) is 17.8 Å². The molecule has 1 heterocycles. The molecule has 0 spiro atoms. The molecule has 0 N–H and O–H groups in total. The highest BCUT2D eigenvalue weighted by Gasteiger charge is 2.37. The minimum Gasteiger partial charge on any atom is -0.323 e. The molecule has 5 heteroatoms. The molecule has 1 fully saturated rings. The second kappa shape index (κ2) is 4.88. The number of hydrogen-bond donors (Lipinski definition) is 0. The quantitative estimate of drug-likeness (QED) is 0.686. The Labute approximate surface area is 127 Å². The van der Waals surface area contributed by atoms with Crippen molar-refractivity contribution < 1.29 is 4.39 Å². The zero-order chi connectivity index (χ0) is 14.5. The van der Waals surface area contributed by atoms with Crippen LogP contribution in [0.4, 0.5) is 4.39 Å². The van der Waals surface area contributed by atoms with Crippen LogP contribution in [-0.4, -0.2) is 9.55 Å². The molecule has 1 unspecified atom stereocenters. The number of aromatic nitrogens is 2. The number of imidazole rings is 1.